The zero-order valence-electron chi connectivity index (χ0n) is 9.85. The number of hydrogen-bond donors (Lipinski definition) is 1. The van der Waals surface area contributed by atoms with E-state index < -0.39 is 0 Å². The normalized spacial score (nSPS) is 10.4. The molecule has 1 N–H and O–H groups in total. The van der Waals surface area contributed by atoms with Gasteiger partial charge in [-0.3, -0.25) is 0 Å². The van der Waals surface area contributed by atoms with Crippen LogP contribution in [0.3, 0.4) is 0 Å². The van der Waals surface area contributed by atoms with Gasteiger partial charge in [-0.2, -0.15) is 0 Å². The number of nitrogens with zero attached hydrogens (tertiary/aromatic N) is 1. The highest BCUT2D eigenvalue weighted by atomic mass is 32.1. The molecule has 3 nitrogen and oxygen atoms in total. The molecule has 0 spiro atoms. The summed E-state index contributed by atoms with van der Waals surface area (Å²) in [5.74, 6) is 0.906. The minimum Gasteiger partial charge on any atom is -0.497 e. The molecule has 0 aliphatic carbocycles. The molecular formula is C13H16N2OS. The number of thiazole rings is 1. The van der Waals surface area contributed by atoms with Crippen LogP contribution in [0.15, 0.2) is 35.2 Å². The fourth-order valence-electron chi connectivity index (χ4n) is 1.59. The third-order valence-electron chi connectivity index (χ3n) is 2.50. The van der Waals surface area contributed by atoms with Crippen molar-refractivity contribution in [3.05, 3.63) is 46.4 Å². The standard InChI is InChI=1S/C13H16N2OS/c1-16-13-4-2-3-11(7-13)8-14-6-5-12-9-17-10-15-12/h2-4,7,9-10,14H,5-6,8H2,1H3. The fraction of sp³-hybridized carbons (Fsp3) is 0.308. The average Bonchev–Trinajstić information content (AvgIpc) is 2.88. The molecule has 0 aliphatic rings. The maximum atomic E-state index is 5.18. The number of ether oxygens (including phenoxy) is 1. The Morgan fingerprint density at radius 2 is 2.35 bits per heavy atom. The second-order valence-electron chi connectivity index (χ2n) is 3.76. The molecule has 0 saturated carbocycles. The molecule has 0 saturated heterocycles. The Bertz CT molecular complexity index is 442. The van der Waals surface area contributed by atoms with Crippen molar-refractivity contribution in [3.8, 4) is 5.75 Å². The molecular weight excluding hydrogens is 232 g/mol. The van der Waals surface area contributed by atoms with E-state index in [2.05, 4.69) is 27.8 Å². The van der Waals surface area contributed by atoms with E-state index in [0.29, 0.717) is 0 Å². The van der Waals surface area contributed by atoms with Crippen molar-refractivity contribution in [1.82, 2.24) is 10.3 Å². The first-order chi connectivity index (χ1) is 8.38. The zero-order valence-corrected chi connectivity index (χ0v) is 10.7. The Kier molecular flexibility index (Phi) is 4.53. The zero-order chi connectivity index (χ0) is 11.9. The van der Waals surface area contributed by atoms with Gasteiger partial charge in [-0.15, -0.1) is 11.3 Å². The highest BCUT2D eigenvalue weighted by Crippen LogP contribution is 2.12. The van der Waals surface area contributed by atoms with Crippen molar-refractivity contribution >= 4 is 11.3 Å². The van der Waals surface area contributed by atoms with Crippen molar-refractivity contribution in [1.29, 1.82) is 0 Å². The summed E-state index contributed by atoms with van der Waals surface area (Å²) < 4.78 is 5.18. The number of methoxy groups -OCH3 is 1. The van der Waals surface area contributed by atoms with Gasteiger partial charge in [-0.1, -0.05) is 12.1 Å². The van der Waals surface area contributed by atoms with Gasteiger partial charge in [0.25, 0.3) is 0 Å². The molecule has 0 aliphatic heterocycles. The summed E-state index contributed by atoms with van der Waals surface area (Å²) in [6.07, 6.45) is 0.980. The van der Waals surface area contributed by atoms with Gasteiger partial charge in [0.1, 0.15) is 5.75 Å². The first-order valence-corrected chi connectivity index (χ1v) is 6.53. The molecule has 90 valence electrons. The van der Waals surface area contributed by atoms with Crippen molar-refractivity contribution in [2.75, 3.05) is 13.7 Å². The van der Waals surface area contributed by atoms with Gasteiger partial charge in [0.2, 0.25) is 0 Å². The minimum absolute atomic E-state index is 0.862. The fourth-order valence-corrected chi connectivity index (χ4v) is 2.19. The highest BCUT2D eigenvalue weighted by molar-refractivity contribution is 7.07. The van der Waals surface area contributed by atoms with Crippen molar-refractivity contribution < 1.29 is 4.74 Å². The third-order valence-corrected chi connectivity index (χ3v) is 3.14. The third kappa shape index (κ3) is 3.84. The van der Waals surface area contributed by atoms with Gasteiger partial charge in [0.05, 0.1) is 18.3 Å². The number of nitrogens with one attached hydrogen (secondary N) is 1. The van der Waals surface area contributed by atoms with Crippen molar-refractivity contribution in [2.24, 2.45) is 0 Å². The number of rotatable bonds is 6. The first-order valence-electron chi connectivity index (χ1n) is 5.59. The molecule has 0 bridgehead atoms. The number of aromatic nitrogens is 1. The van der Waals surface area contributed by atoms with E-state index >= 15 is 0 Å². The monoisotopic (exact) mass is 248 g/mol. The van der Waals surface area contributed by atoms with Crippen LogP contribution in [-0.2, 0) is 13.0 Å². The second-order valence-corrected chi connectivity index (χ2v) is 4.48. The van der Waals surface area contributed by atoms with Gasteiger partial charge < -0.3 is 10.1 Å². The summed E-state index contributed by atoms with van der Waals surface area (Å²) in [4.78, 5) is 4.25. The van der Waals surface area contributed by atoms with E-state index in [-0.39, 0.29) is 0 Å². The lowest BCUT2D eigenvalue weighted by atomic mass is 10.2. The summed E-state index contributed by atoms with van der Waals surface area (Å²) in [5, 5.41) is 5.49. The Balaban J connectivity index is 1.74. The van der Waals surface area contributed by atoms with Gasteiger partial charge in [-0.25, -0.2) is 4.98 Å². The topological polar surface area (TPSA) is 34.1 Å². The van der Waals surface area contributed by atoms with Crippen LogP contribution in [0, 0.1) is 0 Å². The molecule has 0 amide bonds. The summed E-state index contributed by atoms with van der Waals surface area (Å²) >= 11 is 1.64. The van der Waals surface area contributed by atoms with Crippen LogP contribution in [0.2, 0.25) is 0 Å². The SMILES string of the molecule is COc1cccc(CNCCc2cscn2)c1. The largest absolute Gasteiger partial charge is 0.497 e. The van der Waals surface area contributed by atoms with E-state index in [0.717, 1.165) is 31.0 Å². The summed E-state index contributed by atoms with van der Waals surface area (Å²) in [6, 6.07) is 8.11. The average molecular weight is 248 g/mol. The van der Waals surface area contributed by atoms with Crippen LogP contribution in [0.5, 0.6) is 5.75 Å². The molecule has 1 heterocycles. The lowest BCUT2D eigenvalue weighted by Crippen LogP contribution is -2.16. The molecule has 2 aromatic rings. The van der Waals surface area contributed by atoms with E-state index in [1.165, 1.54) is 5.56 Å². The molecule has 17 heavy (non-hydrogen) atoms. The minimum atomic E-state index is 0.862. The van der Waals surface area contributed by atoms with Crippen LogP contribution in [-0.4, -0.2) is 18.6 Å². The summed E-state index contributed by atoms with van der Waals surface area (Å²) in [6.45, 7) is 1.81. The molecule has 0 unspecified atom stereocenters. The number of benzene rings is 1. The molecule has 1 aromatic carbocycles. The van der Waals surface area contributed by atoms with Crippen LogP contribution in [0.25, 0.3) is 0 Å². The van der Waals surface area contributed by atoms with Gasteiger partial charge >= 0.3 is 0 Å². The van der Waals surface area contributed by atoms with Gasteiger partial charge in [-0.05, 0) is 17.7 Å². The molecule has 4 heteroatoms. The Labute approximate surface area is 105 Å². The predicted molar refractivity (Wildman–Crippen MR) is 70.5 cm³/mol. The second kappa shape index (κ2) is 6.37. The lowest BCUT2D eigenvalue weighted by Gasteiger charge is -2.05. The van der Waals surface area contributed by atoms with Crippen LogP contribution >= 0.6 is 11.3 Å². The van der Waals surface area contributed by atoms with E-state index in [4.69, 9.17) is 4.74 Å². The van der Waals surface area contributed by atoms with Crippen molar-refractivity contribution in [3.63, 3.8) is 0 Å². The van der Waals surface area contributed by atoms with Gasteiger partial charge in [0, 0.05) is 24.9 Å². The summed E-state index contributed by atoms with van der Waals surface area (Å²) in [7, 11) is 1.69. The number of hydrogen-bond acceptors (Lipinski definition) is 4. The maximum Gasteiger partial charge on any atom is 0.119 e. The lowest BCUT2D eigenvalue weighted by molar-refractivity contribution is 0.414. The van der Waals surface area contributed by atoms with E-state index in [9.17, 15) is 0 Å². The van der Waals surface area contributed by atoms with E-state index in [1.54, 1.807) is 18.4 Å². The molecule has 2 rings (SSSR count). The quantitative estimate of drug-likeness (QED) is 0.797. The first kappa shape index (κ1) is 12.1. The van der Waals surface area contributed by atoms with Crippen molar-refractivity contribution in [2.45, 2.75) is 13.0 Å². The predicted octanol–water partition coefficient (Wildman–Crippen LogP) is 2.48. The molecule has 1 aromatic heterocycles. The van der Waals surface area contributed by atoms with E-state index in [1.807, 2.05) is 17.6 Å². The van der Waals surface area contributed by atoms with Crippen LogP contribution in [0.4, 0.5) is 0 Å². The smallest absolute Gasteiger partial charge is 0.119 e. The molecule has 0 radical (unpaired) electrons. The van der Waals surface area contributed by atoms with Crippen LogP contribution < -0.4 is 10.1 Å². The Morgan fingerprint density at radius 1 is 1.41 bits per heavy atom. The summed E-state index contributed by atoms with van der Waals surface area (Å²) in [5.41, 5.74) is 4.27. The molecule has 0 fully saturated rings. The molecule has 0 atom stereocenters. The highest BCUT2D eigenvalue weighted by Gasteiger charge is 1.97. The maximum absolute atomic E-state index is 5.18. The van der Waals surface area contributed by atoms with Crippen LogP contribution in [0.1, 0.15) is 11.3 Å². The Morgan fingerprint density at radius 3 is 3.12 bits per heavy atom. The van der Waals surface area contributed by atoms with Gasteiger partial charge in [0.15, 0.2) is 0 Å². The Hall–Kier alpha value is -1.39.